The molecular formula is C21H23N3O7S. The summed E-state index contributed by atoms with van der Waals surface area (Å²) < 4.78 is 43.4. The fourth-order valence-corrected chi connectivity index (χ4v) is 5.18. The number of carbonyl (C=O) groups excluding carboxylic acids is 2. The van der Waals surface area contributed by atoms with Crippen molar-refractivity contribution in [1.82, 2.24) is 9.21 Å². The number of fused-ring (bicyclic) bond motifs is 1. The monoisotopic (exact) mass is 461 g/mol. The van der Waals surface area contributed by atoms with E-state index in [0.717, 1.165) is 0 Å². The lowest BCUT2D eigenvalue weighted by Gasteiger charge is -2.34. The van der Waals surface area contributed by atoms with Crippen molar-refractivity contribution in [2.75, 3.05) is 52.3 Å². The van der Waals surface area contributed by atoms with Crippen LogP contribution in [0.1, 0.15) is 10.4 Å². The van der Waals surface area contributed by atoms with Crippen LogP contribution >= 0.6 is 0 Å². The van der Waals surface area contributed by atoms with Crippen molar-refractivity contribution in [3.05, 3.63) is 42.0 Å². The SMILES string of the molecule is COc1cccc(C(=O)N2CCN(S(=O)(=O)c3ccc4c(c3)NC(=O)CO4)CC2)c1OC. The number of benzene rings is 2. The van der Waals surface area contributed by atoms with Crippen molar-refractivity contribution in [2.24, 2.45) is 0 Å². The molecule has 1 fully saturated rings. The molecule has 0 radical (unpaired) electrons. The van der Waals surface area contributed by atoms with Crippen LogP contribution in [-0.4, -0.2) is 76.4 Å². The van der Waals surface area contributed by atoms with E-state index in [4.69, 9.17) is 14.2 Å². The van der Waals surface area contributed by atoms with Crippen LogP contribution in [0.15, 0.2) is 41.3 Å². The third kappa shape index (κ3) is 3.96. The average Bonchev–Trinajstić information content (AvgIpc) is 2.82. The van der Waals surface area contributed by atoms with Crippen molar-refractivity contribution >= 4 is 27.5 Å². The molecule has 2 aromatic carbocycles. The minimum absolute atomic E-state index is 0.0521. The molecule has 0 aromatic heterocycles. The highest BCUT2D eigenvalue weighted by atomic mass is 32.2. The zero-order valence-electron chi connectivity index (χ0n) is 17.7. The fraction of sp³-hybridized carbons (Fsp3) is 0.333. The second-order valence-electron chi connectivity index (χ2n) is 7.23. The van der Waals surface area contributed by atoms with Crippen LogP contribution in [-0.2, 0) is 14.8 Å². The van der Waals surface area contributed by atoms with E-state index in [1.54, 1.807) is 23.1 Å². The van der Waals surface area contributed by atoms with Gasteiger partial charge in [-0.1, -0.05) is 6.07 Å². The standard InChI is InChI=1S/C21H23N3O7S/c1-29-18-5-3-4-15(20(18)30-2)21(26)23-8-10-24(11-9-23)32(27,28)14-6-7-17-16(12-14)22-19(25)13-31-17/h3-7,12H,8-11,13H2,1-2H3,(H,22,25). The molecule has 0 bridgehead atoms. The van der Waals surface area contributed by atoms with Gasteiger partial charge in [-0.25, -0.2) is 8.42 Å². The number of rotatable bonds is 5. The van der Waals surface area contributed by atoms with Gasteiger partial charge in [0.25, 0.3) is 11.8 Å². The van der Waals surface area contributed by atoms with Crippen LogP contribution in [0.3, 0.4) is 0 Å². The third-order valence-corrected chi connectivity index (χ3v) is 7.28. The summed E-state index contributed by atoms with van der Waals surface area (Å²) in [5.74, 6) is 0.612. The molecule has 2 aliphatic rings. The highest BCUT2D eigenvalue weighted by Gasteiger charge is 2.32. The molecule has 0 spiro atoms. The second-order valence-corrected chi connectivity index (χ2v) is 9.17. The summed E-state index contributed by atoms with van der Waals surface area (Å²) in [6.07, 6.45) is 0. The van der Waals surface area contributed by atoms with Crippen LogP contribution in [0.25, 0.3) is 0 Å². The summed E-state index contributed by atoms with van der Waals surface area (Å²) in [5.41, 5.74) is 0.676. The molecule has 0 saturated carbocycles. The molecule has 0 aliphatic carbocycles. The molecular weight excluding hydrogens is 438 g/mol. The number of methoxy groups -OCH3 is 2. The van der Waals surface area contributed by atoms with Crippen molar-refractivity contribution in [3.8, 4) is 17.2 Å². The quantitative estimate of drug-likeness (QED) is 0.711. The number of hydrogen-bond acceptors (Lipinski definition) is 7. The Bertz CT molecular complexity index is 1160. The molecule has 2 aliphatic heterocycles. The third-order valence-electron chi connectivity index (χ3n) is 5.38. The maximum atomic E-state index is 13.1. The Morgan fingerprint density at radius 3 is 2.50 bits per heavy atom. The largest absolute Gasteiger partial charge is 0.493 e. The number of para-hydroxylation sites is 1. The number of anilines is 1. The lowest BCUT2D eigenvalue weighted by atomic mass is 10.1. The molecule has 2 amide bonds. The molecule has 1 saturated heterocycles. The number of nitrogens with one attached hydrogen (secondary N) is 1. The van der Waals surface area contributed by atoms with E-state index in [0.29, 0.717) is 28.5 Å². The molecule has 0 atom stereocenters. The minimum atomic E-state index is -3.81. The summed E-state index contributed by atoms with van der Waals surface area (Å²) in [7, 11) is -0.849. The Morgan fingerprint density at radius 1 is 1.06 bits per heavy atom. The van der Waals surface area contributed by atoms with Crippen molar-refractivity contribution in [2.45, 2.75) is 4.90 Å². The average molecular weight is 461 g/mol. The molecule has 170 valence electrons. The number of amides is 2. The zero-order valence-corrected chi connectivity index (χ0v) is 18.5. The molecule has 0 unspecified atom stereocenters. The highest BCUT2D eigenvalue weighted by Crippen LogP contribution is 2.33. The van der Waals surface area contributed by atoms with Gasteiger partial charge >= 0.3 is 0 Å². The zero-order chi connectivity index (χ0) is 22.9. The number of sulfonamides is 1. The van der Waals surface area contributed by atoms with Gasteiger partial charge in [0, 0.05) is 26.2 Å². The lowest BCUT2D eigenvalue weighted by Crippen LogP contribution is -2.50. The molecule has 32 heavy (non-hydrogen) atoms. The number of carbonyl (C=O) groups is 2. The summed E-state index contributed by atoms with van der Waals surface area (Å²) >= 11 is 0. The molecule has 2 heterocycles. The molecule has 4 rings (SSSR count). The van der Waals surface area contributed by atoms with Crippen LogP contribution in [0.4, 0.5) is 5.69 Å². The Labute approximate surface area is 185 Å². The lowest BCUT2D eigenvalue weighted by molar-refractivity contribution is -0.118. The van der Waals surface area contributed by atoms with Crippen molar-refractivity contribution in [1.29, 1.82) is 0 Å². The van der Waals surface area contributed by atoms with Gasteiger partial charge in [0.2, 0.25) is 10.0 Å². The number of nitrogens with zero attached hydrogens (tertiary/aromatic N) is 2. The van der Waals surface area contributed by atoms with Crippen LogP contribution in [0, 0.1) is 0 Å². The maximum Gasteiger partial charge on any atom is 0.262 e. The van der Waals surface area contributed by atoms with Gasteiger partial charge in [-0.15, -0.1) is 0 Å². The van der Waals surface area contributed by atoms with E-state index >= 15 is 0 Å². The Balaban J connectivity index is 1.49. The van der Waals surface area contributed by atoms with E-state index in [1.165, 1.54) is 36.7 Å². The number of hydrogen-bond donors (Lipinski definition) is 1. The van der Waals surface area contributed by atoms with Gasteiger partial charge in [0.1, 0.15) is 5.75 Å². The first-order valence-corrected chi connectivity index (χ1v) is 11.4. The summed E-state index contributed by atoms with van der Waals surface area (Å²) in [4.78, 5) is 26.2. The van der Waals surface area contributed by atoms with Gasteiger partial charge in [-0.3, -0.25) is 9.59 Å². The maximum absolute atomic E-state index is 13.1. The fourth-order valence-electron chi connectivity index (χ4n) is 3.73. The minimum Gasteiger partial charge on any atom is -0.493 e. The molecule has 10 nitrogen and oxygen atoms in total. The predicted octanol–water partition coefficient (Wildman–Crippen LogP) is 1.18. The highest BCUT2D eigenvalue weighted by molar-refractivity contribution is 7.89. The summed E-state index contributed by atoms with van der Waals surface area (Å²) in [5, 5.41) is 2.61. The van der Waals surface area contributed by atoms with E-state index < -0.39 is 10.0 Å². The van der Waals surface area contributed by atoms with Gasteiger partial charge in [0.15, 0.2) is 18.1 Å². The van der Waals surface area contributed by atoms with Gasteiger partial charge in [-0.2, -0.15) is 4.31 Å². The van der Waals surface area contributed by atoms with E-state index in [1.807, 2.05) is 0 Å². The molecule has 11 heteroatoms. The topological polar surface area (TPSA) is 114 Å². The Morgan fingerprint density at radius 2 is 1.81 bits per heavy atom. The van der Waals surface area contributed by atoms with Gasteiger partial charge < -0.3 is 24.4 Å². The normalized spacial score (nSPS) is 16.6. The predicted molar refractivity (Wildman–Crippen MR) is 115 cm³/mol. The first-order valence-electron chi connectivity index (χ1n) is 9.92. The first-order chi connectivity index (χ1) is 15.3. The van der Waals surface area contributed by atoms with Crippen molar-refractivity contribution in [3.63, 3.8) is 0 Å². The van der Waals surface area contributed by atoms with E-state index in [2.05, 4.69) is 5.32 Å². The van der Waals surface area contributed by atoms with Crippen LogP contribution < -0.4 is 19.5 Å². The number of piperazine rings is 1. The smallest absolute Gasteiger partial charge is 0.262 e. The second kappa shape index (κ2) is 8.67. The van der Waals surface area contributed by atoms with Gasteiger partial charge in [0.05, 0.1) is 30.4 Å². The van der Waals surface area contributed by atoms with E-state index in [-0.39, 0.29) is 49.5 Å². The van der Waals surface area contributed by atoms with Crippen LogP contribution in [0.2, 0.25) is 0 Å². The summed E-state index contributed by atoms with van der Waals surface area (Å²) in [6.45, 7) is 0.625. The van der Waals surface area contributed by atoms with Crippen LogP contribution in [0.5, 0.6) is 17.2 Å². The van der Waals surface area contributed by atoms with Gasteiger partial charge in [-0.05, 0) is 30.3 Å². The van der Waals surface area contributed by atoms with E-state index in [9.17, 15) is 18.0 Å². The first kappa shape index (κ1) is 21.9. The van der Waals surface area contributed by atoms with Crippen molar-refractivity contribution < 1.29 is 32.2 Å². The summed E-state index contributed by atoms with van der Waals surface area (Å²) in [6, 6.07) is 9.41. The molecule has 1 N–H and O–H groups in total. The number of ether oxygens (including phenoxy) is 3. The Kier molecular flexibility index (Phi) is 5.94. The molecule has 2 aromatic rings. The Hall–Kier alpha value is -3.31.